The topological polar surface area (TPSA) is 49.3 Å². The van der Waals surface area contributed by atoms with Crippen LogP contribution in [0.15, 0.2) is 18.2 Å². The van der Waals surface area contributed by atoms with Crippen LogP contribution in [0.4, 0.5) is 5.69 Å². The SMILES string of the molecule is CC1CCC(Nc2ccc(Cl)c(C(=O)O)c2)CC1C. The average Bonchev–Trinajstić information content (AvgIpc) is 2.36. The molecular weight excluding hydrogens is 262 g/mol. The van der Waals surface area contributed by atoms with Gasteiger partial charge in [-0.25, -0.2) is 4.79 Å². The molecule has 0 aliphatic heterocycles. The highest BCUT2D eigenvalue weighted by Gasteiger charge is 2.24. The maximum Gasteiger partial charge on any atom is 0.337 e. The van der Waals surface area contributed by atoms with E-state index in [1.54, 1.807) is 12.1 Å². The summed E-state index contributed by atoms with van der Waals surface area (Å²) in [6.07, 6.45) is 3.49. The average molecular weight is 282 g/mol. The highest BCUT2D eigenvalue weighted by molar-refractivity contribution is 6.33. The molecular formula is C15H20ClNO2. The summed E-state index contributed by atoms with van der Waals surface area (Å²) in [4.78, 5) is 11.0. The molecule has 1 aliphatic rings. The minimum Gasteiger partial charge on any atom is -0.478 e. The van der Waals surface area contributed by atoms with Gasteiger partial charge in [0.25, 0.3) is 0 Å². The molecule has 1 fully saturated rings. The first-order chi connectivity index (χ1) is 8.97. The van der Waals surface area contributed by atoms with Gasteiger partial charge in [-0.1, -0.05) is 25.4 Å². The Morgan fingerprint density at radius 1 is 1.32 bits per heavy atom. The Morgan fingerprint density at radius 3 is 2.68 bits per heavy atom. The van der Waals surface area contributed by atoms with Gasteiger partial charge >= 0.3 is 5.97 Å². The van der Waals surface area contributed by atoms with Crippen molar-refractivity contribution in [1.82, 2.24) is 0 Å². The van der Waals surface area contributed by atoms with E-state index in [1.807, 2.05) is 6.07 Å². The zero-order valence-electron chi connectivity index (χ0n) is 11.3. The summed E-state index contributed by atoms with van der Waals surface area (Å²) < 4.78 is 0. The molecule has 1 aromatic rings. The number of hydrogen-bond acceptors (Lipinski definition) is 2. The number of aromatic carboxylic acids is 1. The van der Waals surface area contributed by atoms with Crippen LogP contribution in [-0.2, 0) is 0 Å². The highest BCUT2D eigenvalue weighted by atomic mass is 35.5. The predicted molar refractivity (Wildman–Crippen MR) is 78.0 cm³/mol. The molecule has 3 nitrogen and oxygen atoms in total. The zero-order valence-corrected chi connectivity index (χ0v) is 12.1. The number of anilines is 1. The first-order valence-electron chi connectivity index (χ1n) is 6.76. The molecule has 0 bridgehead atoms. The number of benzene rings is 1. The van der Waals surface area contributed by atoms with Crippen molar-refractivity contribution in [3.8, 4) is 0 Å². The fourth-order valence-corrected chi connectivity index (χ4v) is 2.89. The minimum atomic E-state index is -0.987. The van der Waals surface area contributed by atoms with Gasteiger partial charge in [-0.15, -0.1) is 0 Å². The third kappa shape index (κ3) is 3.41. The summed E-state index contributed by atoms with van der Waals surface area (Å²) in [5.41, 5.74) is 0.998. The van der Waals surface area contributed by atoms with E-state index >= 15 is 0 Å². The second-order valence-corrected chi connectivity index (χ2v) is 6.02. The number of carboxylic acid groups (broad SMARTS) is 1. The minimum absolute atomic E-state index is 0.156. The number of hydrogen-bond donors (Lipinski definition) is 2. The lowest BCUT2D eigenvalue weighted by atomic mass is 9.79. The van der Waals surface area contributed by atoms with Crippen molar-refractivity contribution in [2.45, 2.75) is 39.2 Å². The van der Waals surface area contributed by atoms with Crippen LogP contribution in [0.1, 0.15) is 43.5 Å². The highest BCUT2D eigenvalue weighted by Crippen LogP contribution is 2.31. The lowest BCUT2D eigenvalue weighted by Crippen LogP contribution is -2.30. The molecule has 0 saturated heterocycles. The summed E-state index contributed by atoms with van der Waals surface area (Å²) in [6, 6.07) is 5.53. The van der Waals surface area contributed by atoms with E-state index in [2.05, 4.69) is 19.2 Å². The first-order valence-corrected chi connectivity index (χ1v) is 7.14. The van der Waals surface area contributed by atoms with Gasteiger partial charge in [0, 0.05) is 11.7 Å². The lowest BCUT2D eigenvalue weighted by Gasteiger charge is -2.33. The molecule has 4 heteroatoms. The van der Waals surface area contributed by atoms with Crippen LogP contribution in [0, 0.1) is 11.8 Å². The molecule has 0 spiro atoms. The van der Waals surface area contributed by atoms with Gasteiger partial charge in [-0.05, 0) is 49.3 Å². The standard InChI is InChI=1S/C15H20ClNO2/c1-9-3-4-11(7-10(9)2)17-12-5-6-14(16)13(8-12)15(18)19/h5-6,8-11,17H,3-4,7H2,1-2H3,(H,18,19). The molecule has 19 heavy (non-hydrogen) atoms. The second-order valence-electron chi connectivity index (χ2n) is 5.61. The third-order valence-corrected chi connectivity index (χ3v) is 4.50. The van der Waals surface area contributed by atoms with Crippen molar-refractivity contribution in [3.05, 3.63) is 28.8 Å². The normalized spacial score (nSPS) is 27.0. The number of carbonyl (C=O) groups is 1. The predicted octanol–water partition coefficient (Wildman–Crippen LogP) is 4.27. The number of nitrogens with one attached hydrogen (secondary N) is 1. The van der Waals surface area contributed by atoms with E-state index in [9.17, 15) is 4.79 Å². The summed E-state index contributed by atoms with van der Waals surface area (Å²) in [6.45, 7) is 4.58. The maximum atomic E-state index is 11.0. The molecule has 104 valence electrons. The maximum absolute atomic E-state index is 11.0. The van der Waals surface area contributed by atoms with Crippen LogP contribution in [-0.4, -0.2) is 17.1 Å². The van der Waals surface area contributed by atoms with Gasteiger partial charge in [0.15, 0.2) is 0 Å². The zero-order chi connectivity index (χ0) is 14.0. The van der Waals surface area contributed by atoms with Crippen LogP contribution in [0.5, 0.6) is 0 Å². The molecule has 0 amide bonds. The summed E-state index contributed by atoms with van der Waals surface area (Å²) >= 11 is 5.87. The molecule has 0 heterocycles. The van der Waals surface area contributed by atoms with Crippen molar-refractivity contribution in [2.24, 2.45) is 11.8 Å². The van der Waals surface area contributed by atoms with Crippen LogP contribution < -0.4 is 5.32 Å². The van der Waals surface area contributed by atoms with Crippen molar-refractivity contribution in [1.29, 1.82) is 0 Å². The van der Waals surface area contributed by atoms with E-state index in [0.717, 1.165) is 24.4 Å². The van der Waals surface area contributed by atoms with E-state index < -0.39 is 5.97 Å². The van der Waals surface area contributed by atoms with Crippen LogP contribution >= 0.6 is 11.6 Å². The fourth-order valence-electron chi connectivity index (χ4n) is 2.69. The first kappa shape index (κ1) is 14.2. The summed E-state index contributed by atoms with van der Waals surface area (Å²) in [7, 11) is 0. The molecule has 0 aromatic heterocycles. The van der Waals surface area contributed by atoms with Crippen molar-refractivity contribution in [3.63, 3.8) is 0 Å². The Balaban J connectivity index is 2.07. The number of halogens is 1. The van der Waals surface area contributed by atoms with Gasteiger partial charge < -0.3 is 10.4 Å². The van der Waals surface area contributed by atoms with Crippen molar-refractivity contribution in [2.75, 3.05) is 5.32 Å². The molecule has 1 aromatic carbocycles. The number of carboxylic acids is 1. The van der Waals surface area contributed by atoms with Gasteiger partial charge in [0.1, 0.15) is 0 Å². The largest absolute Gasteiger partial charge is 0.478 e. The Labute approximate surface area is 119 Å². The van der Waals surface area contributed by atoms with Crippen LogP contribution in [0.3, 0.4) is 0 Å². The summed E-state index contributed by atoms with van der Waals surface area (Å²) in [5, 5.41) is 12.8. The second kappa shape index (κ2) is 5.83. The fraction of sp³-hybridized carbons (Fsp3) is 0.533. The molecule has 3 unspecified atom stereocenters. The van der Waals surface area contributed by atoms with Crippen LogP contribution in [0.25, 0.3) is 0 Å². The van der Waals surface area contributed by atoms with Gasteiger partial charge in [-0.2, -0.15) is 0 Å². The molecule has 3 atom stereocenters. The van der Waals surface area contributed by atoms with Gasteiger partial charge in [0.2, 0.25) is 0 Å². The molecule has 0 radical (unpaired) electrons. The third-order valence-electron chi connectivity index (χ3n) is 4.17. The van der Waals surface area contributed by atoms with Crippen molar-refractivity contribution >= 4 is 23.3 Å². The van der Waals surface area contributed by atoms with E-state index in [0.29, 0.717) is 12.0 Å². The summed E-state index contributed by atoms with van der Waals surface area (Å²) in [5.74, 6) is 0.495. The lowest BCUT2D eigenvalue weighted by molar-refractivity contribution is 0.0697. The molecule has 2 rings (SSSR count). The van der Waals surface area contributed by atoms with Gasteiger partial charge in [-0.3, -0.25) is 0 Å². The Morgan fingerprint density at radius 2 is 2.05 bits per heavy atom. The Kier molecular flexibility index (Phi) is 4.35. The molecule has 1 aliphatic carbocycles. The molecule has 2 N–H and O–H groups in total. The van der Waals surface area contributed by atoms with Crippen LogP contribution in [0.2, 0.25) is 5.02 Å². The number of rotatable bonds is 3. The Bertz CT molecular complexity index is 475. The van der Waals surface area contributed by atoms with E-state index in [4.69, 9.17) is 16.7 Å². The van der Waals surface area contributed by atoms with Crippen molar-refractivity contribution < 1.29 is 9.90 Å². The smallest absolute Gasteiger partial charge is 0.337 e. The molecule has 1 saturated carbocycles. The van der Waals surface area contributed by atoms with Gasteiger partial charge in [0.05, 0.1) is 10.6 Å². The monoisotopic (exact) mass is 281 g/mol. The Hall–Kier alpha value is -1.22. The van der Waals surface area contributed by atoms with E-state index in [1.165, 1.54) is 6.42 Å². The quantitative estimate of drug-likeness (QED) is 0.870. The van der Waals surface area contributed by atoms with E-state index in [-0.39, 0.29) is 10.6 Å².